The van der Waals surface area contributed by atoms with Gasteiger partial charge in [0.05, 0.1) is 19.1 Å². The number of nitrogens with one attached hydrogen (secondary N) is 3. The fourth-order valence-electron chi connectivity index (χ4n) is 2.31. The van der Waals surface area contributed by atoms with Crippen LogP contribution in [0, 0.1) is 0 Å². The van der Waals surface area contributed by atoms with E-state index >= 15 is 0 Å². The second-order valence-electron chi connectivity index (χ2n) is 5.88. The third kappa shape index (κ3) is 5.57. The number of aliphatic hydroxyl groups is 1. The van der Waals surface area contributed by atoms with Crippen molar-refractivity contribution in [3.05, 3.63) is 48.4 Å². The lowest BCUT2D eigenvalue weighted by atomic mass is 10.0. The maximum atomic E-state index is 10.5. The monoisotopic (exact) mass is 486 g/mol. The molecule has 3 rings (SSSR count). The Hall–Kier alpha value is -2.34. The topological polar surface area (TPSA) is 124 Å². The minimum absolute atomic E-state index is 0. The van der Waals surface area contributed by atoms with Gasteiger partial charge in [0.1, 0.15) is 23.7 Å². The van der Waals surface area contributed by atoms with E-state index in [-0.39, 0.29) is 30.5 Å². The Kier molecular flexibility index (Phi) is 7.42. The van der Waals surface area contributed by atoms with Crippen LogP contribution in [0.5, 0.6) is 0 Å². The van der Waals surface area contributed by atoms with Crippen LogP contribution in [-0.2, 0) is 12.1 Å². The number of hydrogen-bond acceptors (Lipinski definition) is 6. The number of rotatable bonds is 7. The summed E-state index contributed by atoms with van der Waals surface area (Å²) in [6.07, 6.45) is 3.10. The van der Waals surface area contributed by atoms with Gasteiger partial charge in [-0.2, -0.15) is 0 Å². The summed E-state index contributed by atoms with van der Waals surface area (Å²) < 4.78 is 10.5. The lowest BCUT2D eigenvalue weighted by molar-refractivity contribution is 0.0386. The van der Waals surface area contributed by atoms with Crippen LogP contribution < -0.4 is 10.6 Å². The number of furan rings is 2. The van der Waals surface area contributed by atoms with Crippen LogP contribution >= 0.6 is 24.0 Å². The van der Waals surface area contributed by atoms with Crippen molar-refractivity contribution in [1.82, 2.24) is 25.8 Å². The van der Waals surface area contributed by atoms with Crippen molar-refractivity contribution in [2.75, 3.05) is 13.1 Å². The largest absolute Gasteiger partial charge is 0.466 e. The van der Waals surface area contributed by atoms with Crippen LogP contribution in [0.25, 0.3) is 11.6 Å². The van der Waals surface area contributed by atoms with Gasteiger partial charge in [0, 0.05) is 6.54 Å². The second-order valence-corrected chi connectivity index (χ2v) is 5.88. The number of aliphatic imine (C=N–C) groups is 1. The summed E-state index contributed by atoms with van der Waals surface area (Å²) >= 11 is 0. The molecule has 0 saturated heterocycles. The smallest absolute Gasteiger partial charge is 0.216 e. The number of hydrogen-bond donors (Lipinski definition) is 4. The molecule has 9 nitrogen and oxygen atoms in total. The van der Waals surface area contributed by atoms with Crippen LogP contribution in [0.15, 0.2) is 50.6 Å². The van der Waals surface area contributed by atoms with Gasteiger partial charge in [-0.1, -0.05) is 0 Å². The molecular weight excluding hydrogens is 463 g/mol. The molecule has 0 bridgehead atoms. The number of aromatic nitrogens is 3. The summed E-state index contributed by atoms with van der Waals surface area (Å²) in [5, 5.41) is 23.7. The molecule has 3 aromatic heterocycles. The average Bonchev–Trinajstić information content (AvgIpc) is 3.39. The maximum absolute atomic E-state index is 10.5. The third-order valence-corrected chi connectivity index (χ3v) is 3.66. The molecule has 0 fully saturated rings. The fraction of sp³-hybridized carbons (Fsp3) is 0.353. The summed E-state index contributed by atoms with van der Waals surface area (Å²) in [5.41, 5.74) is -1.15. The molecule has 0 aromatic carbocycles. The zero-order valence-corrected chi connectivity index (χ0v) is 17.4. The van der Waals surface area contributed by atoms with Gasteiger partial charge in [0.15, 0.2) is 11.7 Å². The molecule has 0 aliphatic carbocycles. The van der Waals surface area contributed by atoms with Crippen molar-refractivity contribution in [3.63, 3.8) is 0 Å². The molecule has 0 spiro atoms. The van der Waals surface area contributed by atoms with Crippen molar-refractivity contribution in [2.45, 2.75) is 26.0 Å². The van der Waals surface area contributed by atoms with Gasteiger partial charge in [0.25, 0.3) is 0 Å². The molecule has 0 amide bonds. The Labute approximate surface area is 173 Å². The molecule has 3 heterocycles. The number of H-pyrrole nitrogens is 1. The highest BCUT2D eigenvalue weighted by atomic mass is 127. The quantitative estimate of drug-likeness (QED) is 0.229. The van der Waals surface area contributed by atoms with Gasteiger partial charge in [-0.25, -0.2) is 9.98 Å². The van der Waals surface area contributed by atoms with E-state index in [1.54, 1.807) is 37.5 Å². The van der Waals surface area contributed by atoms with Crippen molar-refractivity contribution >= 4 is 29.9 Å². The van der Waals surface area contributed by atoms with Gasteiger partial charge < -0.3 is 24.6 Å². The van der Waals surface area contributed by atoms with Crippen LogP contribution in [-0.4, -0.2) is 39.3 Å². The highest BCUT2D eigenvalue weighted by Gasteiger charge is 2.26. The zero-order chi connectivity index (χ0) is 18.4. The molecule has 10 heteroatoms. The Morgan fingerprint density at radius 3 is 2.70 bits per heavy atom. The molecule has 0 radical (unpaired) electrons. The predicted molar refractivity (Wildman–Crippen MR) is 111 cm³/mol. The molecule has 4 N–H and O–H groups in total. The summed E-state index contributed by atoms with van der Waals surface area (Å²) in [5.74, 6) is 2.72. The van der Waals surface area contributed by atoms with Gasteiger partial charge in [0.2, 0.25) is 5.82 Å². The number of aromatic amines is 1. The Bertz CT molecular complexity index is 827. The Balaban J connectivity index is 0.00000261. The van der Waals surface area contributed by atoms with Crippen molar-refractivity contribution < 1.29 is 13.9 Å². The van der Waals surface area contributed by atoms with E-state index in [4.69, 9.17) is 8.83 Å². The molecule has 1 unspecified atom stereocenters. The van der Waals surface area contributed by atoms with Crippen LogP contribution in [0.3, 0.4) is 0 Å². The molecule has 0 aliphatic rings. The lowest BCUT2D eigenvalue weighted by Crippen LogP contribution is -2.44. The van der Waals surface area contributed by atoms with E-state index in [1.165, 1.54) is 6.26 Å². The average molecular weight is 486 g/mol. The van der Waals surface area contributed by atoms with Crippen molar-refractivity contribution in [2.24, 2.45) is 4.99 Å². The Morgan fingerprint density at radius 1 is 1.26 bits per heavy atom. The van der Waals surface area contributed by atoms with Crippen LogP contribution in [0.4, 0.5) is 0 Å². The van der Waals surface area contributed by atoms with Gasteiger partial charge in [-0.15, -0.1) is 29.1 Å². The van der Waals surface area contributed by atoms with Crippen molar-refractivity contribution in [1.29, 1.82) is 0 Å². The summed E-state index contributed by atoms with van der Waals surface area (Å²) in [7, 11) is 0. The normalized spacial score (nSPS) is 13.7. The van der Waals surface area contributed by atoms with Gasteiger partial charge in [-0.3, -0.25) is 5.10 Å². The highest BCUT2D eigenvalue weighted by molar-refractivity contribution is 14.0. The molecular formula is C17H23IN6O3. The first kappa shape index (κ1) is 21.0. The SMILES string of the molecule is CCNC(=NCc1nc(-c2ccco2)n[nH]1)NCC(C)(O)c1ccco1.I. The van der Waals surface area contributed by atoms with Crippen LogP contribution in [0.2, 0.25) is 0 Å². The fourth-order valence-corrected chi connectivity index (χ4v) is 2.31. The summed E-state index contributed by atoms with van der Waals surface area (Å²) in [6, 6.07) is 7.04. The molecule has 146 valence electrons. The van der Waals surface area contributed by atoms with E-state index in [0.29, 0.717) is 42.2 Å². The van der Waals surface area contributed by atoms with E-state index in [9.17, 15) is 5.11 Å². The highest BCUT2D eigenvalue weighted by Crippen LogP contribution is 2.19. The van der Waals surface area contributed by atoms with E-state index < -0.39 is 5.60 Å². The first-order chi connectivity index (χ1) is 12.6. The predicted octanol–water partition coefficient (Wildman–Crippen LogP) is 2.24. The minimum Gasteiger partial charge on any atom is -0.466 e. The summed E-state index contributed by atoms with van der Waals surface area (Å²) in [4.78, 5) is 8.80. The van der Waals surface area contributed by atoms with Gasteiger partial charge in [-0.05, 0) is 38.1 Å². The van der Waals surface area contributed by atoms with Crippen molar-refractivity contribution in [3.8, 4) is 11.6 Å². The first-order valence-corrected chi connectivity index (χ1v) is 8.32. The molecule has 0 aliphatic heterocycles. The number of guanidine groups is 1. The third-order valence-electron chi connectivity index (χ3n) is 3.66. The van der Waals surface area contributed by atoms with E-state index in [0.717, 1.165) is 0 Å². The summed E-state index contributed by atoms with van der Waals surface area (Å²) in [6.45, 7) is 4.86. The zero-order valence-electron chi connectivity index (χ0n) is 15.1. The van der Waals surface area contributed by atoms with Gasteiger partial charge >= 0.3 is 0 Å². The molecule has 0 saturated carbocycles. The first-order valence-electron chi connectivity index (χ1n) is 8.32. The maximum Gasteiger partial charge on any atom is 0.216 e. The second kappa shape index (κ2) is 9.55. The van der Waals surface area contributed by atoms with E-state index in [1.807, 2.05) is 6.92 Å². The van der Waals surface area contributed by atoms with Crippen LogP contribution in [0.1, 0.15) is 25.4 Å². The Morgan fingerprint density at radius 2 is 2.04 bits per heavy atom. The number of halogens is 1. The molecule has 3 aromatic rings. The molecule has 27 heavy (non-hydrogen) atoms. The number of nitrogens with zero attached hydrogens (tertiary/aromatic N) is 3. The lowest BCUT2D eigenvalue weighted by Gasteiger charge is -2.22. The minimum atomic E-state index is -1.15. The van der Waals surface area contributed by atoms with E-state index in [2.05, 4.69) is 30.8 Å². The standard InChI is InChI=1S/C17H22N6O3.HI/c1-3-18-16(20-11-17(2,24)13-7-5-9-26-13)19-10-14-21-15(23-22-14)12-6-4-8-25-12;/h4-9,24H,3,10-11H2,1-2H3,(H2,18,19,20)(H,21,22,23);1H. The molecule has 1 atom stereocenters.